The van der Waals surface area contributed by atoms with E-state index in [4.69, 9.17) is 24.5 Å². The molecule has 0 aliphatic rings. The zero-order chi connectivity index (χ0) is 15.0. The van der Waals surface area contributed by atoms with Gasteiger partial charge in [0.05, 0.1) is 46.2 Å². The van der Waals surface area contributed by atoms with Gasteiger partial charge in [0.25, 0.3) is 0 Å². The minimum absolute atomic E-state index is 0.341. The number of hydrogen-bond acceptors (Lipinski definition) is 7. The van der Waals surface area contributed by atoms with Gasteiger partial charge in [-0.2, -0.15) is 5.10 Å². The van der Waals surface area contributed by atoms with Gasteiger partial charge in [-0.1, -0.05) is 5.11 Å². The van der Waals surface area contributed by atoms with Crippen molar-refractivity contribution in [2.45, 2.75) is 6.61 Å². The molecule has 10 nitrogen and oxygen atoms in total. The van der Waals surface area contributed by atoms with Crippen LogP contribution in [0.4, 0.5) is 0 Å². The largest absolute Gasteiger partial charge is 0.379 e. The summed E-state index contributed by atoms with van der Waals surface area (Å²) in [5, 5.41) is 9.81. The minimum Gasteiger partial charge on any atom is -0.379 e. The van der Waals surface area contributed by atoms with E-state index < -0.39 is 0 Å². The molecule has 1 heterocycles. The van der Waals surface area contributed by atoms with Gasteiger partial charge in [-0.3, -0.25) is 5.10 Å². The predicted octanol–water partition coefficient (Wildman–Crippen LogP) is 0.681. The quantitative estimate of drug-likeness (QED) is 0.233. The van der Waals surface area contributed by atoms with Gasteiger partial charge in [-0.05, 0) is 5.53 Å². The standard InChI is InChI=1S/C11H20N6O4/c12-17-14-1-2-18-3-4-19-5-6-20-7-8-21-9-11-13-10-15-16-11/h10H,1-9H2,(H,13,15,16). The average molecular weight is 300 g/mol. The second-order valence-electron chi connectivity index (χ2n) is 3.76. The van der Waals surface area contributed by atoms with Gasteiger partial charge in [0, 0.05) is 11.5 Å². The maximum Gasteiger partial charge on any atom is 0.175 e. The Hall–Kier alpha value is -1.71. The van der Waals surface area contributed by atoms with Crippen molar-refractivity contribution in [3.63, 3.8) is 0 Å². The van der Waals surface area contributed by atoms with E-state index in [-0.39, 0.29) is 0 Å². The van der Waals surface area contributed by atoms with Crippen molar-refractivity contribution < 1.29 is 18.9 Å². The summed E-state index contributed by atoms with van der Waals surface area (Å²) in [7, 11) is 0. The highest BCUT2D eigenvalue weighted by Crippen LogP contribution is 1.90. The fourth-order valence-electron chi connectivity index (χ4n) is 1.28. The Morgan fingerprint density at radius 3 is 2.19 bits per heavy atom. The van der Waals surface area contributed by atoms with Crippen molar-refractivity contribution in [1.29, 1.82) is 0 Å². The van der Waals surface area contributed by atoms with Gasteiger partial charge in [-0.15, -0.1) is 0 Å². The number of rotatable bonds is 14. The summed E-state index contributed by atoms with van der Waals surface area (Å²) in [6, 6.07) is 0. The maximum atomic E-state index is 8.04. The molecule has 10 heteroatoms. The molecule has 0 aliphatic heterocycles. The van der Waals surface area contributed by atoms with Crippen LogP contribution in [0.15, 0.2) is 11.4 Å². The lowest BCUT2D eigenvalue weighted by molar-refractivity contribution is -0.00403. The Kier molecular flexibility index (Phi) is 11.0. The van der Waals surface area contributed by atoms with E-state index in [1.54, 1.807) is 0 Å². The van der Waals surface area contributed by atoms with Crippen LogP contribution in [0, 0.1) is 0 Å². The molecule has 1 aromatic rings. The van der Waals surface area contributed by atoms with Crippen LogP contribution in [0.5, 0.6) is 0 Å². The average Bonchev–Trinajstić information content (AvgIpc) is 3.01. The number of azide groups is 1. The van der Waals surface area contributed by atoms with Gasteiger partial charge >= 0.3 is 0 Å². The van der Waals surface area contributed by atoms with Crippen LogP contribution in [0.2, 0.25) is 0 Å². The number of H-pyrrole nitrogens is 1. The number of hydrogen-bond donors (Lipinski definition) is 1. The van der Waals surface area contributed by atoms with Crippen LogP contribution in [0.3, 0.4) is 0 Å². The number of ether oxygens (including phenoxy) is 4. The molecule has 0 aliphatic carbocycles. The first-order valence-corrected chi connectivity index (χ1v) is 6.60. The highest BCUT2D eigenvalue weighted by atomic mass is 16.6. The summed E-state index contributed by atoms with van der Waals surface area (Å²) >= 11 is 0. The Morgan fingerprint density at radius 2 is 1.62 bits per heavy atom. The SMILES string of the molecule is [N-]=[N+]=NCCOCCOCCOCCOCc1nc[nH]n1. The van der Waals surface area contributed by atoms with Crippen LogP contribution >= 0.6 is 0 Å². The van der Waals surface area contributed by atoms with Crippen molar-refractivity contribution in [2.24, 2.45) is 5.11 Å². The summed E-state index contributed by atoms with van der Waals surface area (Å²) < 4.78 is 21.1. The number of nitrogens with one attached hydrogen (secondary N) is 1. The second-order valence-corrected chi connectivity index (χ2v) is 3.76. The van der Waals surface area contributed by atoms with Crippen molar-refractivity contribution >= 4 is 0 Å². The smallest absolute Gasteiger partial charge is 0.175 e. The Morgan fingerprint density at radius 1 is 1.00 bits per heavy atom. The van der Waals surface area contributed by atoms with Gasteiger partial charge in [0.1, 0.15) is 12.9 Å². The number of aromatic amines is 1. The molecule has 0 unspecified atom stereocenters. The van der Waals surface area contributed by atoms with Gasteiger partial charge in [-0.25, -0.2) is 4.98 Å². The molecule has 1 rings (SSSR count). The van der Waals surface area contributed by atoms with Gasteiger partial charge < -0.3 is 18.9 Å². The lowest BCUT2D eigenvalue weighted by Crippen LogP contribution is -2.12. The zero-order valence-corrected chi connectivity index (χ0v) is 11.8. The van der Waals surface area contributed by atoms with E-state index in [1.807, 2.05) is 0 Å². The van der Waals surface area contributed by atoms with Gasteiger partial charge in [0.2, 0.25) is 0 Å². The third-order valence-electron chi connectivity index (χ3n) is 2.21. The third-order valence-corrected chi connectivity index (χ3v) is 2.21. The third kappa shape index (κ3) is 10.7. The molecule has 0 atom stereocenters. The van der Waals surface area contributed by atoms with E-state index in [1.165, 1.54) is 6.33 Å². The minimum atomic E-state index is 0.341. The molecule has 0 aromatic carbocycles. The van der Waals surface area contributed by atoms with Crippen molar-refractivity contribution in [3.8, 4) is 0 Å². The second kappa shape index (κ2) is 13.3. The fraction of sp³-hybridized carbons (Fsp3) is 0.818. The molecule has 118 valence electrons. The normalized spacial score (nSPS) is 10.5. The monoisotopic (exact) mass is 300 g/mol. The first-order valence-electron chi connectivity index (χ1n) is 6.60. The molecule has 1 aromatic heterocycles. The van der Waals surface area contributed by atoms with E-state index in [9.17, 15) is 0 Å². The molecule has 21 heavy (non-hydrogen) atoms. The van der Waals surface area contributed by atoms with E-state index in [0.717, 1.165) is 0 Å². The summed E-state index contributed by atoms with van der Waals surface area (Å²) in [4.78, 5) is 6.55. The molecule has 1 N–H and O–H groups in total. The highest BCUT2D eigenvalue weighted by Gasteiger charge is 1.96. The van der Waals surface area contributed by atoms with Crippen LogP contribution < -0.4 is 0 Å². The molecule has 0 radical (unpaired) electrons. The van der Waals surface area contributed by atoms with E-state index in [2.05, 4.69) is 25.2 Å². The van der Waals surface area contributed by atoms with Crippen molar-refractivity contribution in [1.82, 2.24) is 15.2 Å². The summed E-state index contributed by atoms with van der Waals surface area (Å²) in [5.41, 5.74) is 8.04. The summed E-state index contributed by atoms with van der Waals surface area (Å²) in [6.45, 7) is 4.06. The topological polar surface area (TPSA) is 127 Å². The molecule has 0 spiro atoms. The summed E-state index contributed by atoms with van der Waals surface area (Å²) in [6.07, 6.45) is 1.51. The molecule has 0 bridgehead atoms. The van der Waals surface area contributed by atoms with Crippen molar-refractivity contribution in [2.75, 3.05) is 52.8 Å². The predicted molar refractivity (Wildman–Crippen MR) is 72.5 cm³/mol. The lowest BCUT2D eigenvalue weighted by Gasteiger charge is -2.06. The first kappa shape index (κ1) is 17.3. The number of nitrogens with zero attached hydrogens (tertiary/aromatic N) is 5. The molecule has 0 amide bonds. The highest BCUT2D eigenvalue weighted by molar-refractivity contribution is 4.74. The molecule has 0 fully saturated rings. The fourth-order valence-corrected chi connectivity index (χ4v) is 1.28. The van der Waals surface area contributed by atoms with Crippen LogP contribution in [-0.2, 0) is 25.6 Å². The van der Waals surface area contributed by atoms with Crippen LogP contribution in [-0.4, -0.2) is 68.0 Å². The number of aromatic nitrogens is 3. The van der Waals surface area contributed by atoms with Gasteiger partial charge in [0.15, 0.2) is 5.82 Å². The van der Waals surface area contributed by atoms with Crippen molar-refractivity contribution in [3.05, 3.63) is 22.6 Å². The molecular formula is C11H20N6O4. The first-order chi connectivity index (χ1) is 10.4. The van der Waals surface area contributed by atoms with Crippen LogP contribution in [0.1, 0.15) is 5.82 Å². The van der Waals surface area contributed by atoms with E-state index in [0.29, 0.717) is 65.2 Å². The summed E-state index contributed by atoms with van der Waals surface area (Å²) in [5.74, 6) is 0.624. The zero-order valence-electron chi connectivity index (χ0n) is 11.8. The Labute approximate surface area is 122 Å². The Bertz CT molecular complexity index is 382. The molecule has 0 saturated heterocycles. The Balaban J connectivity index is 1.71. The maximum absolute atomic E-state index is 8.04. The lowest BCUT2D eigenvalue weighted by atomic mass is 10.6. The molecule has 0 saturated carbocycles. The van der Waals surface area contributed by atoms with Crippen LogP contribution in [0.25, 0.3) is 10.4 Å². The van der Waals surface area contributed by atoms with E-state index >= 15 is 0 Å². The molecular weight excluding hydrogens is 280 g/mol.